The van der Waals surface area contributed by atoms with Gasteiger partial charge < -0.3 is 14.2 Å². The zero-order valence-corrected chi connectivity index (χ0v) is 19.7. The van der Waals surface area contributed by atoms with Gasteiger partial charge in [-0.1, -0.05) is 19.9 Å². The van der Waals surface area contributed by atoms with Crippen molar-refractivity contribution in [2.24, 2.45) is 0 Å². The molecule has 2 heterocycles. The number of ether oxygens (including phenoxy) is 3. The van der Waals surface area contributed by atoms with Gasteiger partial charge in [0.15, 0.2) is 17.3 Å². The molecule has 0 aliphatic carbocycles. The molecular weight excluding hydrogens is 462 g/mol. The molecule has 3 rings (SSSR count). The van der Waals surface area contributed by atoms with Gasteiger partial charge in [-0.15, -0.1) is 0 Å². The Morgan fingerprint density at radius 2 is 1.97 bits per heavy atom. The molecule has 3 aromatic rings. The van der Waals surface area contributed by atoms with E-state index in [1.54, 1.807) is 31.5 Å². The second-order valence-corrected chi connectivity index (χ2v) is 8.22. The lowest BCUT2D eigenvalue weighted by atomic mass is 10.0. The molecule has 0 N–H and O–H groups in total. The van der Waals surface area contributed by atoms with E-state index < -0.39 is 5.97 Å². The number of aromatic nitrogens is 3. The van der Waals surface area contributed by atoms with Crippen LogP contribution in [0.4, 0.5) is 0 Å². The Kier molecular flexibility index (Phi) is 7.68. The zero-order chi connectivity index (χ0) is 22.4. The molecule has 31 heavy (non-hydrogen) atoms. The molecule has 164 valence electrons. The summed E-state index contributed by atoms with van der Waals surface area (Å²) >= 11 is 3.41. The highest BCUT2D eigenvalue weighted by Crippen LogP contribution is 2.37. The minimum atomic E-state index is -0.409. The molecule has 0 amide bonds. The standard InChI is InChI=1S/C23H26BrN3O4/c1-15(2)22-17(14-27(26-22)21-11-10-18(24)13-25-21)7-6-12-30-23-19(29-4)8-5-9-20(23)31-16(3)28/h5,8-11,13-15H,6-7,12H2,1-4H3. The molecule has 0 aliphatic heterocycles. The van der Waals surface area contributed by atoms with Crippen LogP contribution in [0.1, 0.15) is 44.4 Å². The largest absolute Gasteiger partial charge is 0.493 e. The van der Waals surface area contributed by atoms with Gasteiger partial charge >= 0.3 is 5.97 Å². The molecule has 8 heteroatoms. The van der Waals surface area contributed by atoms with Crippen molar-refractivity contribution in [2.75, 3.05) is 13.7 Å². The molecule has 7 nitrogen and oxygen atoms in total. The maximum atomic E-state index is 11.4. The molecule has 0 saturated carbocycles. The van der Waals surface area contributed by atoms with E-state index in [1.165, 1.54) is 6.92 Å². The molecule has 1 aromatic carbocycles. The highest BCUT2D eigenvalue weighted by molar-refractivity contribution is 9.10. The number of halogens is 1. The van der Waals surface area contributed by atoms with Crippen LogP contribution in [0.25, 0.3) is 5.82 Å². The summed E-state index contributed by atoms with van der Waals surface area (Å²) < 4.78 is 19.3. The fourth-order valence-corrected chi connectivity index (χ4v) is 3.43. The van der Waals surface area contributed by atoms with E-state index in [0.29, 0.717) is 23.9 Å². The summed E-state index contributed by atoms with van der Waals surface area (Å²) in [7, 11) is 1.55. The molecule has 0 radical (unpaired) electrons. The molecule has 0 saturated heterocycles. The van der Waals surface area contributed by atoms with Crippen LogP contribution in [0.2, 0.25) is 0 Å². The van der Waals surface area contributed by atoms with Crippen LogP contribution in [0.3, 0.4) is 0 Å². The molecule has 2 aromatic heterocycles. The number of nitrogens with zero attached hydrogens (tertiary/aromatic N) is 3. The van der Waals surface area contributed by atoms with Gasteiger partial charge in [-0.2, -0.15) is 5.10 Å². The van der Waals surface area contributed by atoms with Gasteiger partial charge in [0.1, 0.15) is 0 Å². The predicted octanol–water partition coefficient (Wildman–Crippen LogP) is 5.10. The van der Waals surface area contributed by atoms with Crippen LogP contribution in [-0.2, 0) is 11.2 Å². The summed E-state index contributed by atoms with van der Waals surface area (Å²) in [5.74, 6) is 1.96. The lowest BCUT2D eigenvalue weighted by Crippen LogP contribution is -2.07. The van der Waals surface area contributed by atoms with Crippen molar-refractivity contribution in [3.63, 3.8) is 0 Å². The highest BCUT2D eigenvalue weighted by atomic mass is 79.9. The smallest absolute Gasteiger partial charge is 0.308 e. The van der Waals surface area contributed by atoms with E-state index in [2.05, 4.69) is 34.8 Å². The topological polar surface area (TPSA) is 75.5 Å². The first-order chi connectivity index (χ1) is 14.9. The number of rotatable bonds is 9. The number of hydrogen-bond donors (Lipinski definition) is 0. The lowest BCUT2D eigenvalue weighted by molar-refractivity contribution is -0.132. The van der Waals surface area contributed by atoms with Gasteiger partial charge in [-0.3, -0.25) is 4.79 Å². The Balaban J connectivity index is 1.70. The SMILES string of the molecule is COc1cccc(OC(C)=O)c1OCCCc1cn(-c2ccc(Br)cn2)nc1C(C)C. The molecule has 0 aliphatic rings. The van der Waals surface area contributed by atoms with Gasteiger partial charge in [0.25, 0.3) is 0 Å². The van der Waals surface area contributed by atoms with Crippen LogP contribution in [0.5, 0.6) is 17.2 Å². The maximum Gasteiger partial charge on any atom is 0.308 e. The highest BCUT2D eigenvalue weighted by Gasteiger charge is 2.16. The first-order valence-corrected chi connectivity index (χ1v) is 10.9. The monoisotopic (exact) mass is 487 g/mol. The average molecular weight is 488 g/mol. The number of carbonyl (C=O) groups is 1. The molecule has 0 fully saturated rings. The van der Waals surface area contributed by atoms with Crippen LogP contribution in [0, 0.1) is 0 Å². The Morgan fingerprint density at radius 1 is 1.19 bits per heavy atom. The number of hydrogen-bond acceptors (Lipinski definition) is 6. The van der Waals surface area contributed by atoms with E-state index >= 15 is 0 Å². The average Bonchev–Trinajstić information content (AvgIpc) is 3.16. The Hall–Kier alpha value is -2.87. The van der Waals surface area contributed by atoms with Gasteiger partial charge in [0.2, 0.25) is 5.75 Å². The van der Waals surface area contributed by atoms with Crippen molar-refractivity contribution in [1.82, 2.24) is 14.8 Å². The molecule has 0 unspecified atom stereocenters. The first-order valence-electron chi connectivity index (χ1n) is 10.1. The summed E-state index contributed by atoms with van der Waals surface area (Å²) in [6, 6.07) is 9.08. The van der Waals surface area contributed by atoms with E-state index in [0.717, 1.165) is 34.4 Å². The molecular formula is C23H26BrN3O4. The fourth-order valence-electron chi connectivity index (χ4n) is 3.19. The first kappa shape index (κ1) is 22.8. The number of pyridine rings is 1. The van der Waals surface area contributed by atoms with Crippen molar-refractivity contribution >= 4 is 21.9 Å². The van der Waals surface area contributed by atoms with Gasteiger partial charge in [0, 0.05) is 23.8 Å². The number of methoxy groups -OCH3 is 1. The maximum absolute atomic E-state index is 11.4. The number of para-hydroxylation sites is 1. The quantitative estimate of drug-likeness (QED) is 0.237. The van der Waals surface area contributed by atoms with Crippen molar-refractivity contribution in [2.45, 2.75) is 39.5 Å². The van der Waals surface area contributed by atoms with Crippen molar-refractivity contribution in [1.29, 1.82) is 0 Å². The minimum absolute atomic E-state index is 0.289. The van der Waals surface area contributed by atoms with Crippen LogP contribution < -0.4 is 14.2 Å². The van der Waals surface area contributed by atoms with E-state index in [-0.39, 0.29) is 5.92 Å². The van der Waals surface area contributed by atoms with E-state index in [9.17, 15) is 4.79 Å². The third-order valence-electron chi connectivity index (χ3n) is 4.57. The number of esters is 1. The van der Waals surface area contributed by atoms with Crippen LogP contribution >= 0.6 is 15.9 Å². The zero-order valence-electron chi connectivity index (χ0n) is 18.1. The third kappa shape index (κ3) is 5.85. The number of carbonyl (C=O) groups excluding carboxylic acids is 1. The summed E-state index contributed by atoms with van der Waals surface area (Å²) in [6.45, 7) is 6.05. The minimum Gasteiger partial charge on any atom is -0.493 e. The summed E-state index contributed by atoms with van der Waals surface area (Å²) in [5.41, 5.74) is 2.20. The normalized spacial score (nSPS) is 10.9. The van der Waals surface area contributed by atoms with Crippen molar-refractivity contribution < 1.29 is 19.0 Å². The number of benzene rings is 1. The van der Waals surface area contributed by atoms with E-state index in [1.807, 2.05) is 23.0 Å². The third-order valence-corrected chi connectivity index (χ3v) is 5.04. The second-order valence-electron chi connectivity index (χ2n) is 7.31. The van der Waals surface area contributed by atoms with Crippen molar-refractivity contribution in [3.8, 4) is 23.1 Å². The summed E-state index contributed by atoms with van der Waals surface area (Å²) in [6.07, 6.45) is 5.34. The van der Waals surface area contributed by atoms with E-state index in [4.69, 9.17) is 19.3 Å². The predicted molar refractivity (Wildman–Crippen MR) is 121 cm³/mol. The van der Waals surface area contributed by atoms with Crippen LogP contribution in [0.15, 0.2) is 47.2 Å². The van der Waals surface area contributed by atoms with Crippen molar-refractivity contribution in [3.05, 3.63) is 58.5 Å². The summed E-state index contributed by atoms with van der Waals surface area (Å²) in [4.78, 5) is 15.8. The van der Waals surface area contributed by atoms with Gasteiger partial charge in [-0.05, 0) is 64.5 Å². The Morgan fingerprint density at radius 3 is 2.61 bits per heavy atom. The fraction of sp³-hybridized carbons (Fsp3) is 0.348. The molecule has 0 spiro atoms. The van der Waals surface area contributed by atoms with Gasteiger partial charge in [-0.25, -0.2) is 9.67 Å². The second kappa shape index (κ2) is 10.4. The van der Waals surface area contributed by atoms with Crippen LogP contribution in [-0.4, -0.2) is 34.5 Å². The summed E-state index contributed by atoms with van der Waals surface area (Å²) in [5, 5.41) is 4.74. The molecule has 0 bridgehead atoms. The van der Waals surface area contributed by atoms with Gasteiger partial charge in [0.05, 0.1) is 19.4 Å². The molecule has 0 atom stereocenters. The lowest BCUT2D eigenvalue weighted by Gasteiger charge is -2.14. The number of aryl methyl sites for hydroxylation is 1. The Bertz CT molecular complexity index is 1030. The Labute approximate surface area is 190 Å².